The number of alkyl halides is 2. The third-order valence-electron chi connectivity index (χ3n) is 2.76. The summed E-state index contributed by atoms with van der Waals surface area (Å²) in [5, 5.41) is 0. The standard InChI is InChI=1S/C10H16F2/c1-3-5-9(7-8-9)10(11,12)6-4-2/h4H,2-3,5-8H2,1H3. The molecule has 0 amide bonds. The molecule has 0 spiro atoms. The fourth-order valence-corrected chi connectivity index (χ4v) is 1.83. The minimum Gasteiger partial charge on any atom is -0.206 e. The predicted molar refractivity (Wildman–Crippen MR) is 46.3 cm³/mol. The summed E-state index contributed by atoms with van der Waals surface area (Å²) in [6, 6.07) is 0. The molecule has 0 saturated heterocycles. The summed E-state index contributed by atoms with van der Waals surface area (Å²) >= 11 is 0. The van der Waals surface area contributed by atoms with Crippen LogP contribution in [0.25, 0.3) is 0 Å². The van der Waals surface area contributed by atoms with Crippen LogP contribution in [0.2, 0.25) is 0 Å². The Bertz CT molecular complexity index is 169. The summed E-state index contributed by atoms with van der Waals surface area (Å²) in [4.78, 5) is 0. The van der Waals surface area contributed by atoms with Crippen molar-refractivity contribution in [2.24, 2.45) is 5.41 Å². The Hall–Kier alpha value is -0.400. The van der Waals surface area contributed by atoms with Gasteiger partial charge in [-0.1, -0.05) is 19.4 Å². The van der Waals surface area contributed by atoms with Crippen molar-refractivity contribution in [2.45, 2.75) is 45.0 Å². The lowest BCUT2D eigenvalue weighted by molar-refractivity contribution is -0.0731. The molecule has 70 valence electrons. The molecular weight excluding hydrogens is 158 g/mol. The van der Waals surface area contributed by atoms with Crippen LogP contribution in [0, 0.1) is 5.41 Å². The molecule has 0 aromatic carbocycles. The van der Waals surface area contributed by atoms with E-state index in [2.05, 4.69) is 6.58 Å². The molecule has 0 heterocycles. The van der Waals surface area contributed by atoms with E-state index < -0.39 is 11.3 Å². The Morgan fingerprint density at radius 1 is 1.50 bits per heavy atom. The molecule has 12 heavy (non-hydrogen) atoms. The van der Waals surface area contributed by atoms with Gasteiger partial charge in [0.2, 0.25) is 0 Å². The van der Waals surface area contributed by atoms with Crippen molar-refractivity contribution in [3.63, 3.8) is 0 Å². The van der Waals surface area contributed by atoms with Crippen LogP contribution in [-0.4, -0.2) is 5.92 Å². The molecule has 0 atom stereocenters. The normalized spacial score (nSPS) is 20.6. The van der Waals surface area contributed by atoms with E-state index in [1.807, 2.05) is 6.92 Å². The maximum Gasteiger partial charge on any atom is 0.257 e. The maximum atomic E-state index is 13.4. The van der Waals surface area contributed by atoms with E-state index >= 15 is 0 Å². The van der Waals surface area contributed by atoms with Crippen LogP contribution in [0.4, 0.5) is 8.78 Å². The zero-order valence-corrected chi connectivity index (χ0v) is 7.58. The molecule has 0 bridgehead atoms. The van der Waals surface area contributed by atoms with Gasteiger partial charge in [-0.25, -0.2) is 8.78 Å². The fourth-order valence-electron chi connectivity index (χ4n) is 1.83. The molecule has 0 N–H and O–H groups in total. The third-order valence-corrected chi connectivity index (χ3v) is 2.76. The zero-order chi connectivity index (χ0) is 9.24. The molecule has 0 radical (unpaired) electrons. The number of rotatable bonds is 5. The fraction of sp³-hybridized carbons (Fsp3) is 0.800. The molecule has 0 aliphatic heterocycles. The van der Waals surface area contributed by atoms with Gasteiger partial charge in [-0.05, 0) is 19.3 Å². The molecule has 1 saturated carbocycles. The number of halogens is 2. The van der Waals surface area contributed by atoms with E-state index in [0.29, 0.717) is 19.3 Å². The summed E-state index contributed by atoms with van der Waals surface area (Å²) in [6.45, 7) is 5.33. The van der Waals surface area contributed by atoms with E-state index in [1.54, 1.807) is 0 Å². The van der Waals surface area contributed by atoms with Crippen molar-refractivity contribution in [3.05, 3.63) is 12.7 Å². The van der Waals surface area contributed by atoms with Gasteiger partial charge in [0.15, 0.2) is 0 Å². The molecule has 1 aliphatic carbocycles. The third kappa shape index (κ3) is 1.52. The van der Waals surface area contributed by atoms with Gasteiger partial charge in [0.25, 0.3) is 5.92 Å². The Labute approximate surface area is 72.7 Å². The van der Waals surface area contributed by atoms with Crippen molar-refractivity contribution >= 4 is 0 Å². The van der Waals surface area contributed by atoms with Crippen LogP contribution in [0.5, 0.6) is 0 Å². The molecule has 0 aromatic heterocycles. The van der Waals surface area contributed by atoms with Crippen LogP contribution in [0.15, 0.2) is 12.7 Å². The summed E-state index contributed by atoms with van der Waals surface area (Å²) in [7, 11) is 0. The number of allylic oxidation sites excluding steroid dienone is 1. The Kier molecular flexibility index (Phi) is 2.55. The second-order valence-electron chi connectivity index (χ2n) is 3.73. The topological polar surface area (TPSA) is 0 Å². The van der Waals surface area contributed by atoms with E-state index in [0.717, 1.165) is 6.42 Å². The smallest absolute Gasteiger partial charge is 0.206 e. The first-order valence-corrected chi connectivity index (χ1v) is 4.57. The van der Waals surface area contributed by atoms with Crippen LogP contribution < -0.4 is 0 Å². The zero-order valence-electron chi connectivity index (χ0n) is 7.58. The highest BCUT2D eigenvalue weighted by Crippen LogP contribution is 2.61. The van der Waals surface area contributed by atoms with Crippen molar-refractivity contribution < 1.29 is 8.78 Å². The number of hydrogen-bond donors (Lipinski definition) is 0. The molecular formula is C10H16F2. The summed E-state index contributed by atoms with van der Waals surface area (Å²) in [5.41, 5.74) is -0.657. The lowest BCUT2D eigenvalue weighted by Gasteiger charge is -2.25. The molecule has 1 aliphatic rings. The highest BCUT2D eigenvalue weighted by Gasteiger charge is 2.59. The lowest BCUT2D eigenvalue weighted by Crippen LogP contribution is -2.29. The van der Waals surface area contributed by atoms with Gasteiger partial charge < -0.3 is 0 Å². The first kappa shape index (κ1) is 9.69. The summed E-state index contributed by atoms with van der Waals surface area (Å²) in [6.07, 6.45) is 4.08. The Morgan fingerprint density at radius 2 is 2.08 bits per heavy atom. The monoisotopic (exact) mass is 174 g/mol. The van der Waals surface area contributed by atoms with Crippen LogP contribution in [-0.2, 0) is 0 Å². The van der Waals surface area contributed by atoms with Crippen LogP contribution in [0.3, 0.4) is 0 Å². The van der Waals surface area contributed by atoms with Gasteiger partial charge >= 0.3 is 0 Å². The number of hydrogen-bond acceptors (Lipinski definition) is 0. The minimum absolute atomic E-state index is 0.160. The highest BCUT2D eigenvalue weighted by molar-refractivity contribution is 5.05. The van der Waals surface area contributed by atoms with Gasteiger partial charge in [0.1, 0.15) is 0 Å². The molecule has 0 nitrogen and oxygen atoms in total. The largest absolute Gasteiger partial charge is 0.257 e. The second kappa shape index (κ2) is 3.15. The van der Waals surface area contributed by atoms with Gasteiger partial charge in [0.05, 0.1) is 0 Å². The van der Waals surface area contributed by atoms with E-state index in [4.69, 9.17) is 0 Å². The quantitative estimate of drug-likeness (QED) is 0.556. The average molecular weight is 174 g/mol. The highest BCUT2D eigenvalue weighted by atomic mass is 19.3. The van der Waals surface area contributed by atoms with E-state index in [9.17, 15) is 8.78 Å². The molecule has 2 heteroatoms. The summed E-state index contributed by atoms with van der Waals surface area (Å²) < 4.78 is 26.8. The van der Waals surface area contributed by atoms with Crippen molar-refractivity contribution in [3.8, 4) is 0 Å². The van der Waals surface area contributed by atoms with Crippen LogP contribution >= 0.6 is 0 Å². The lowest BCUT2D eigenvalue weighted by atomic mass is 9.90. The molecule has 0 aromatic rings. The van der Waals surface area contributed by atoms with Crippen molar-refractivity contribution in [2.75, 3.05) is 0 Å². The SMILES string of the molecule is C=CCC(F)(F)C1(CCC)CC1. The molecule has 1 fully saturated rings. The Morgan fingerprint density at radius 3 is 2.42 bits per heavy atom. The summed E-state index contributed by atoms with van der Waals surface area (Å²) in [5.74, 6) is -2.51. The van der Waals surface area contributed by atoms with Crippen LogP contribution in [0.1, 0.15) is 39.0 Å². The van der Waals surface area contributed by atoms with Gasteiger partial charge in [0, 0.05) is 11.8 Å². The minimum atomic E-state index is -2.51. The van der Waals surface area contributed by atoms with Crippen molar-refractivity contribution in [1.82, 2.24) is 0 Å². The van der Waals surface area contributed by atoms with E-state index in [-0.39, 0.29) is 6.42 Å². The first-order valence-electron chi connectivity index (χ1n) is 4.57. The molecule has 0 unspecified atom stereocenters. The van der Waals surface area contributed by atoms with E-state index in [1.165, 1.54) is 6.08 Å². The van der Waals surface area contributed by atoms with Gasteiger partial charge in [-0.3, -0.25) is 0 Å². The maximum absolute atomic E-state index is 13.4. The van der Waals surface area contributed by atoms with Crippen molar-refractivity contribution in [1.29, 1.82) is 0 Å². The Balaban J connectivity index is 2.59. The van der Waals surface area contributed by atoms with Gasteiger partial charge in [-0.2, -0.15) is 0 Å². The second-order valence-corrected chi connectivity index (χ2v) is 3.73. The van der Waals surface area contributed by atoms with Gasteiger partial charge in [-0.15, -0.1) is 6.58 Å². The molecule has 1 rings (SSSR count). The first-order chi connectivity index (χ1) is 5.58. The average Bonchev–Trinajstić information content (AvgIpc) is 2.70. The predicted octanol–water partition coefficient (Wildman–Crippen LogP) is 3.78.